The lowest BCUT2D eigenvalue weighted by Gasteiger charge is -2.32. The zero-order valence-electron chi connectivity index (χ0n) is 8.62. The quantitative estimate of drug-likeness (QED) is 0.668. The van der Waals surface area contributed by atoms with Crippen LogP contribution in [0.3, 0.4) is 0 Å². The van der Waals surface area contributed by atoms with Crippen molar-refractivity contribution >= 4 is 5.91 Å². The van der Waals surface area contributed by atoms with E-state index in [1.54, 1.807) is 11.9 Å². The summed E-state index contributed by atoms with van der Waals surface area (Å²) in [6.45, 7) is 0. The maximum Gasteiger partial charge on any atom is 0.226 e. The molecule has 2 fully saturated rings. The number of nitriles is 1. The van der Waals surface area contributed by atoms with E-state index in [9.17, 15) is 10.1 Å². The van der Waals surface area contributed by atoms with Gasteiger partial charge in [0.05, 0.1) is 6.07 Å². The van der Waals surface area contributed by atoms with Crippen molar-refractivity contribution in [3.05, 3.63) is 0 Å². The molecular formula is C11H16N2O. The second-order valence-corrected chi connectivity index (χ2v) is 4.52. The number of carbonyl (C=O) groups excluding carboxylic acids is 1. The minimum atomic E-state index is -0.473. The zero-order valence-corrected chi connectivity index (χ0v) is 8.62. The van der Waals surface area contributed by atoms with Crippen LogP contribution in [-0.2, 0) is 4.79 Å². The summed E-state index contributed by atoms with van der Waals surface area (Å²) in [6.07, 6.45) is 5.91. The van der Waals surface area contributed by atoms with Crippen LogP contribution in [0.25, 0.3) is 0 Å². The monoisotopic (exact) mass is 192 g/mol. The predicted octanol–water partition coefficient (Wildman–Crippen LogP) is 1.69. The summed E-state index contributed by atoms with van der Waals surface area (Å²) in [5.74, 6) is 0.416. The molecule has 2 saturated carbocycles. The Balaban J connectivity index is 2.11. The molecule has 0 unspecified atom stereocenters. The summed E-state index contributed by atoms with van der Waals surface area (Å²) >= 11 is 0. The molecule has 3 heteroatoms. The predicted molar refractivity (Wildman–Crippen MR) is 52.3 cm³/mol. The average Bonchev–Trinajstić information content (AvgIpc) is 2.94. The summed E-state index contributed by atoms with van der Waals surface area (Å²) < 4.78 is 0. The molecule has 2 aliphatic carbocycles. The van der Waals surface area contributed by atoms with Crippen LogP contribution in [0.1, 0.15) is 38.5 Å². The Morgan fingerprint density at radius 3 is 2.43 bits per heavy atom. The first-order valence-electron chi connectivity index (χ1n) is 5.38. The summed E-state index contributed by atoms with van der Waals surface area (Å²) in [7, 11) is 1.80. The van der Waals surface area contributed by atoms with Gasteiger partial charge in [0.1, 0.15) is 5.54 Å². The van der Waals surface area contributed by atoms with E-state index in [-0.39, 0.29) is 11.8 Å². The first kappa shape index (κ1) is 9.51. The lowest BCUT2D eigenvalue weighted by Crippen LogP contribution is -2.47. The molecule has 0 radical (unpaired) electrons. The fraction of sp³-hybridized carbons (Fsp3) is 0.818. The van der Waals surface area contributed by atoms with Crippen molar-refractivity contribution in [3.8, 4) is 6.07 Å². The Hall–Kier alpha value is -1.04. The Kier molecular flexibility index (Phi) is 2.22. The summed E-state index contributed by atoms with van der Waals surface area (Å²) in [5.41, 5.74) is -0.473. The van der Waals surface area contributed by atoms with Crippen LogP contribution in [-0.4, -0.2) is 23.4 Å². The molecule has 14 heavy (non-hydrogen) atoms. The SMILES string of the molecule is CN(C(=O)C1CC1)C1(C#N)CCCC1. The van der Waals surface area contributed by atoms with Crippen molar-refractivity contribution < 1.29 is 4.79 Å². The number of carbonyl (C=O) groups is 1. The zero-order chi connectivity index (χ0) is 10.2. The van der Waals surface area contributed by atoms with E-state index >= 15 is 0 Å². The van der Waals surface area contributed by atoms with E-state index in [0.29, 0.717) is 0 Å². The van der Waals surface area contributed by atoms with Gasteiger partial charge in [0.15, 0.2) is 0 Å². The van der Waals surface area contributed by atoms with Gasteiger partial charge in [-0.1, -0.05) is 0 Å². The van der Waals surface area contributed by atoms with Gasteiger partial charge in [-0.2, -0.15) is 5.26 Å². The normalized spacial score (nSPS) is 24.3. The lowest BCUT2D eigenvalue weighted by atomic mass is 9.97. The summed E-state index contributed by atoms with van der Waals surface area (Å²) in [4.78, 5) is 13.6. The molecule has 76 valence electrons. The fourth-order valence-electron chi connectivity index (χ4n) is 2.30. The largest absolute Gasteiger partial charge is 0.327 e. The highest BCUT2D eigenvalue weighted by Crippen LogP contribution is 2.38. The van der Waals surface area contributed by atoms with E-state index < -0.39 is 5.54 Å². The molecule has 0 aromatic rings. The van der Waals surface area contributed by atoms with Gasteiger partial charge in [0.25, 0.3) is 0 Å². The lowest BCUT2D eigenvalue weighted by molar-refractivity contribution is -0.135. The first-order valence-corrected chi connectivity index (χ1v) is 5.38. The van der Waals surface area contributed by atoms with E-state index in [4.69, 9.17) is 0 Å². The van der Waals surface area contributed by atoms with Crippen molar-refractivity contribution in [1.82, 2.24) is 4.90 Å². The molecule has 3 nitrogen and oxygen atoms in total. The highest BCUT2D eigenvalue weighted by molar-refractivity contribution is 5.82. The Morgan fingerprint density at radius 2 is 2.00 bits per heavy atom. The van der Waals surface area contributed by atoms with Crippen molar-refractivity contribution in [3.63, 3.8) is 0 Å². The first-order chi connectivity index (χ1) is 6.69. The van der Waals surface area contributed by atoms with E-state index in [1.807, 2.05) is 0 Å². The third kappa shape index (κ3) is 1.39. The Labute approximate surface area is 84.7 Å². The fourth-order valence-corrected chi connectivity index (χ4v) is 2.30. The highest BCUT2D eigenvalue weighted by atomic mass is 16.2. The van der Waals surface area contributed by atoms with Gasteiger partial charge in [0, 0.05) is 13.0 Å². The van der Waals surface area contributed by atoms with E-state index in [2.05, 4.69) is 6.07 Å². The van der Waals surface area contributed by atoms with Crippen molar-refractivity contribution in [2.24, 2.45) is 5.92 Å². The standard InChI is InChI=1S/C11H16N2O/c1-13(10(14)9-4-5-9)11(8-12)6-2-3-7-11/h9H,2-7H2,1H3. The van der Waals surface area contributed by atoms with E-state index in [0.717, 1.165) is 38.5 Å². The van der Waals surface area contributed by atoms with Crippen LogP contribution in [0.4, 0.5) is 0 Å². The summed E-state index contributed by atoms with van der Waals surface area (Å²) in [6, 6.07) is 2.35. The van der Waals surface area contributed by atoms with Crippen LogP contribution < -0.4 is 0 Å². The van der Waals surface area contributed by atoms with Crippen molar-refractivity contribution in [1.29, 1.82) is 5.26 Å². The number of nitrogens with zero attached hydrogens (tertiary/aromatic N) is 2. The van der Waals surface area contributed by atoms with E-state index in [1.165, 1.54) is 0 Å². The smallest absolute Gasteiger partial charge is 0.226 e. The highest BCUT2D eigenvalue weighted by Gasteiger charge is 2.44. The Morgan fingerprint density at radius 1 is 1.43 bits per heavy atom. The molecule has 0 aromatic carbocycles. The molecule has 2 aliphatic rings. The van der Waals surface area contributed by atoms with Gasteiger partial charge in [-0.15, -0.1) is 0 Å². The van der Waals surface area contributed by atoms with Gasteiger partial charge in [-0.3, -0.25) is 4.79 Å². The minimum Gasteiger partial charge on any atom is -0.327 e. The molecular weight excluding hydrogens is 176 g/mol. The van der Waals surface area contributed by atoms with Crippen LogP contribution in [0, 0.1) is 17.2 Å². The second-order valence-electron chi connectivity index (χ2n) is 4.52. The van der Waals surface area contributed by atoms with Crippen LogP contribution in [0.5, 0.6) is 0 Å². The summed E-state index contributed by atoms with van der Waals surface area (Å²) in [5, 5.41) is 9.19. The third-order valence-corrected chi connectivity index (χ3v) is 3.54. The molecule has 0 bridgehead atoms. The third-order valence-electron chi connectivity index (χ3n) is 3.54. The molecule has 0 aliphatic heterocycles. The van der Waals surface area contributed by atoms with Gasteiger partial charge in [-0.05, 0) is 38.5 Å². The molecule has 0 atom stereocenters. The number of hydrogen-bond donors (Lipinski definition) is 0. The molecule has 0 heterocycles. The van der Waals surface area contributed by atoms with Gasteiger partial charge in [0.2, 0.25) is 5.91 Å². The Bertz CT molecular complexity index is 282. The van der Waals surface area contributed by atoms with Gasteiger partial charge >= 0.3 is 0 Å². The number of hydrogen-bond acceptors (Lipinski definition) is 2. The molecule has 1 amide bonds. The van der Waals surface area contributed by atoms with Crippen LogP contribution in [0.2, 0.25) is 0 Å². The van der Waals surface area contributed by atoms with Crippen molar-refractivity contribution in [2.45, 2.75) is 44.1 Å². The molecule has 0 aromatic heterocycles. The average molecular weight is 192 g/mol. The second kappa shape index (κ2) is 3.27. The van der Waals surface area contributed by atoms with Gasteiger partial charge < -0.3 is 4.90 Å². The topological polar surface area (TPSA) is 44.1 Å². The van der Waals surface area contributed by atoms with Gasteiger partial charge in [-0.25, -0.2) is 0 Å². The molecule has 2 rings (SSSR count). The van der Waals surface area contributed by atoms with Crippen LogP contribution >= 0.6 is 0 Å². The number of amides is 1. The maximum atomic E-state index is 11.8. The molecule has 0 N–H and O–H groups in total. The van der Waals surface area contributed by atoms with Crippen molar-refractivity contribution in [2.75, 3.05) is 7.05 Å². The van der Waals surface area contributed by atoms with Crippen LogP contribution in [0.15, 0.2) is 0 Å². The maximum absolute atomic E-state index is 11.8. The minimum absolute atomic E-state index is 0.188. The molecule has 0 saturated heterocycles. The molecule has 0 spiro atoms. The number of rotatable bonds is 2.